The van der Waals surface area contributed by atoms with E-state index in [-0.39, 0.29) is 36.0 Å². The molecule has 23 nitrogen and oxygen atoms in total. The van der Waals surface area contributed by atoms with Crippen LogP contribution in [0.5, 0.6) is 0 Å². The molecule has 1 aliphatic rings. The molecule has 412 valence electrons. The van der Waals surface area contributed by atoms with Gasteiger partial charge in [-0.2, -0.15) is 12.6 Å². The normalized spacial score (nSPS) is 15.0. The third-order valence-corrected chi connectivity index (χ3v) is 13.9. The molecule has 0 unspecified atom stereocenters. The van der Waals surface area contributed by atoms with E-state index in [4.69, 9.17) is 5.14 Å². The Balaban J connectivity index is 1.67. The van der Waals surface area contributed by atoms with E-state index in [0.717, 1.165) is 39.0 Å². The van der Waals surface area contributed by atoms with Crippen LogP contribution >= 0.6 is 12.6 Å². The van der Waals surface area contributed by atoms with Crippen molar-refractivity contribution in [2.75, 3.05) is 12.3 Å². The van der Waals surface area contributed by atoms with Gasteiger partial charge in [0.15, 0.2) is 0 Å². The van der Waals surface area contributed by atoms with Crippen molar-refractivity contribution >= 4 is 81.9 Å². The minimum Gasteiger partial charge on any atom is -0.481 e. The molecule has 3 aromatic rings. The number of carboxylic acid groups (broad SMARTS) is 3. The molecular weight excluding hydrogens is 1030 g/mol. The number of rotatable bonds is 30. The SMILES string of the molecule is CC(=O)N[C@@H](CC(=O)O)C(=O)N[C@@H](CCC(=O)O)C(=O)N[C@H](C(=O)N[C@@H](CCC(=O)O)C(=O)N[C@@H](CC1CCCCC1)C(=O)N[C@@H](CS)C(=O)NCCc1ccc(S(N)(=O)=O)cc1)C(c1ccccc1)c1ccccc1. The van der Waals surface area contributed by atoms with E-state index < -0.39 is 144 Å². The summed E-state index contributed by atoms with van der Waals surface area (Å²) in [5, 5.41) is 51.8. The van der Waals surface area contributed by atoms with Crippen molar-refractivity contribution in [2.24, 2.45) is 11.1 Å². The number of amides is 7. The van der Waals surface area contributed by atoms with Crippen LogP contribution in [-0.4, -0.2) is 132 Å². The second-order valence-electron chi connectivity index (χ2n) is 18.4. The second-order valence-corrected chi connectivity index (χ2v) is 20.3. The molecule has 1 fully saturated rings. The molecule has 0 heterocycles. The third-order valence-electron chi connectivity index (χ3n) is 12.6. The molecule has 0 radical (unpaired) electrons. The van der Waals surface area contributed by atoms with Crippen molar-refractivity contribution < 1.29 is 71.7 Å². The number of sulfonamides is 1. The topological polar surface area (TPSA) is 376 Å². The summed E-state index contributed by atoms with van der Waals surface area (Å²) in [5.41, 5.74) is 1.58. The number of hydrogen-bond acceptors (Lipinski definition) is 13. The van der Waals surface area contributed by atoms with Crippen LogP contribution in [0.1, 0.15) is 100 Å². The number of nitrogens with one attached hydrogen (secondary N) is 7. The van der Waals surface area contributed by atoms with Gasteiger partial charge in [0.2, 0.25) is 51.4 Å². The van der Waals surface area contributed by atoms with Crippen LogP contribution < -0.4 is 42.4 Å². The van der Waals surface area contributed by atoms with E-state index in [0.29, 0.717) is 16.7 Å². The van der Waals surface area contributed by atoms with Gasteiger partial charge in [0.05, 0.1) is 11.3 Å². The zero-order valence-electron chi connectivity index (χ0n) is 41.8. The molecule has 0 saturated heterocycles. The molecule has 12 N–H and O–H groups in total. The summed E-state index contributed by atoms with van der Waals surface area (Å²) in [6.45, 7) is 1.11. The van der Waals surface area contributed by atoms with Crippen LogP contribution in [0.25, 0.3) is 0 Å². The molecule has 0 spiro atoms. The van der Waals surface area contributed by atoms with Gasteiger partial charge in [-0.1, -0.05) is 105 Å². The highest BCUT2D eigenvalue weighted by atomic mass is 32.2. The van der Waals surface area contributed by atoms with Crippen molar-refractivity contribution in [3.05, 3.63) is 102 Å². The van der Waals surface area contributed by atoms with Crippen molar-refractivity contribution in [1.82, 2.24) is 37.2 Å². The van der Waals surface area contributed by atoms with Crippen LogP contribution in [0.15, 0.2) is 89.8 Å². The Kier molecular flexibility index (Phi) is 24.3. The summed E-state index contributed by atoms with van der Waals surface area (Å²) >= 11 is 4.29. The largest absolute Gasteiger partial charge is 0.481 e. The highest BCUT2D eigenvalue weighted by Crippen LogP contribution is 2.30. The molecule has 0 aliphatic heterocycles. The van der Waals surface area contributed by atoms with Gasteiger partial charge in [0, 0.05) is 38.0 Å². The number of carbonyl (C=O) groups excluding carboxylic acids is 7. The van der Waals surface area contributed by atoms with E-state index in [1.807, 2.05) is 0 Å². The maximum Gasteiger partial charge on any atom is 0.305 e. The first kappa shape index (κ1) is 61.2. The lowest BCUT2D eigenvalue weighted by Crippen LogP contribution is -2.61. The first-order valence-corrected chi connectivity index (χ1v) is 26.8. The number of primary sulfonamides is 1. The highest BCUT2D eigenvalue weighted by molar-refractivity contribution is 7.89. The average Bonchev–Trinajstić information content (AvgIpc) is 3.37. The van der Waals surface area contributed by atoms with Crippen molar-refractivity contribution in [3.63, 3.8) is 0 Å². The molecule has 1 saturated carbocycles. The smallest absolute Gasteiger partial charge is 0.305 e. The summed E-state index contributed by atoms with van der Waals surface area (Å²) in [5.74, 6) is -12.0. The standard InChI is InChI=1S/C51H66N8O15S2/c1-30(60)54-39(28-43(65)66)50(71)55-37(22-24-42(63)64)48(69)59-45(44(33-13-7-3-8-14-33)34-15-9-4-10-16-34)51(72)56-36(21-23-41(61)62)47(68)57-38(27-32-11-5-2-6-12-32)49(70)58-40(29-75)46(67)53-26-25-31-17-19-35(20-18-31)76(52,73)74/h3-4,7-10,13-20,32,36-40,44-45,75H,2,5-6,11-12,21-29H2,1H3,(H,53,67)(H,54,60)(H,55,71)(H,56,72)(H,57,68)(H,58,70)(H,59,69)(H,61,62)(H,63,64)(H,65,66)(H2,52,73,74)/t36-,37-,38-,39-,40-,45-/m0/s1. The van der Waals surface area contributed by atoms with E-state index in [1.165, 1.54) is 24.3 Å². The van der Waals surface area contributed by atoms with E-state index in [2.05, 4.69) is 49.8 Å². The minimum absolute atomic E-state index is 0.0508. The van der Waals surface area contributed by atoms with Crippen LogP contribution in [0.4, 0.5) is 0 Å². The summed E-state index contributed by atoms with van der Waals surface area (Å²) < 4.78 is 23.3. The number of aliphatic carboxylic acids is 3. The zero-order chi connectivity index (χ0) is 56.0. The van der Waals surface area contributed by atoms with Gasteiger partial charge in [-0.05, 0) is 60.4 Å². The lowest BCUT2D eigenvalue weighted by atomic mass is 9.84. The molecule has 4 rings (SSSR count). The lowest BCUT2D eigenvalue weighted by molar-refractivity contribution is -0.141. The van der Waals surface area contributed by atoms with Gasteiger partial charge in [0.25, 0.3) is 0 Å². The van der Waals surface area contributed by atoms with Gasteiger partial charge in [-0.25, -0.2) is 13.6 Å². The van der Waals surface area contributed by atoms with Crippen LogP contribution in [0.3, 0.4) is 0 Å². The van der Waals surface area contributed by atoms with Crippen LogP contribution in [0.2, 0.25) is 0 Å². The molecule has 1 aliphatic carbocycles. The fourth-order valence-electron chi connectivity index (χ4n) is 8.71. The number of carboxylic acids is 3. The second kappa shape index (κ2) is 30.2. The fourth-order valence-corrected chi connectivity index (χ4v) is 9.49. The number of carbonyl (C=O) groups is 10. The van der Waals surface area contributed by atoms with E-state index in [9.17, 15) is 66.9 Å². The quantitative estimate of drug-likeness (QED) is 0.0412. The molecule has 25 heteroatoms. The number of hydrogen-bond donors (Lipinski definition) is 12. The van der Waals surface area contributed by atoms with Gasteiger partial charge >= 0.3 is 17.9 Å². The first-order valence-electron chi connectivity index (χ1n) is 24.6. The van der Waals surface area contributed by atoms with E-state index >= 15 is 4.79 Å². The van der Waals surface area contributed by atoms with E-state index in [1.54, 1.807) is 60.7 Å². The van der Waals surface area contributed by atoms with Crippen molar-refractivity contribution in [3.8, 4) is 0 Å². The summed E-state index contributed by atoms with van der Waals surface area (Å²) in [6, 6.07) is 13.0. The first-order chi connectivity index (χ1) is 36.1. The van der Waals surface area contributed by atoms with Crippen LogP contribution in [-0.2, 0) is 64.4 Å². The predicted molar refractivity (Wildman–Crippen MR) is 278 cm³/mol. The molecule has 3 aromatic carbocycles. The Hall–Kier alpha value is -7.38. The number of thiol groups is 1. The van der Waals surface area contributed by atoms with Gasteiger partial charge in [-0.15, -0.1) is 0 Å². The van der Waals surface area contributed by atoms with Gasteiger partial charge in [0.1, 0.15) is 36.3 Å². The summed E-state index contributed by atoms with van der Waals surface area (Å²) in [4.78, 5) is 132. The zero-order valence-corrected chi connectivity index (χ0v) is 43.5. The summed E-state index contributed by atoms with van der Waals surface area (Å²) in [6.07, 6.45) is 1.12. The van der Waals surface area contributed by atoms with Gasteiger partial charge in [-0.3, -0.25) is 47.9 Å². The number of nitrogens with two attached hydrogens (primary N) is 1. The highest BCUT2D eigenvalue weighted by Gasteiger charge is 2.39. The Bertz CT molecular complexity index is 2570. The molecule has 0 bridgehead atoms. The molecule has 6 atom stereocenters. The minimum atomic E-state index is -3.91. The van der Waals surface area contributed by atoms with Crippen molar-refractivity contribution in [1.29, 1.82) is 0 Å². The lowest BCUT2D eigenvalue weighted by Gasteiger charge is -2.32. The number of benzene rings is 3. The molecular formula is C51H66N8O15S2. The van der Waals surface area contributed by atoms with Crippen LogP contribution in [0, 0.1) is 5.92 Å². The van der Waals surface area contributed by atoms with Crippen molar-refractivity contribution in [2.45, 2.75) is 131 Å². The maximum absolute atomic E-state index is 15.0. The average molecular weight is 1100 g/mol. The molecule has 7 amide bonds. The summed E-state index contributed by atoms with van der Waals surface area (Å²) in [7, 11) is -3.91. The molecule has 76 heavy (non-hydrogen) atoms. The predicted octanol–water partition coefficient (Wildman–Crippen LogP) is 0.858. The Morgan fingerprint density at radius 3 is 1.54 bits per heavy atom. The Morgan fingerprint density at radius 2 is 1.05 bits per heavy atom. The third kappa shape index (κ3) is 20.4. The Labute approximate surface area is 445 Å². The Morgan fingerprint density at radius 1 is 0.579 bits per heavy atom. The van der Waals surface area contributed by atoms with Gasteiger partial charge < -0.3 is 52.5 Å². The monoisotopic (exact) mass is 1090 g/mol. The fraction of sp³-hybridized carbons (Fsp3) is 0.451. The maximum atomic E-state index is 15.0. The molecule has 0 aromatic heterocycles.